The molecule has 0 spiro atoms. The highest BCUT2D eigenvalue weighted by Crippen LogP contribution is 2.18. The second-order valence-corrected chi connectivity index (χ2v) is 7.64. The van der Waals surface area contributed by atoms with Crippen molar-refractivity contribution in [3.63, 3.8) is 0 Å². The number of benzene rings is 2. The molecule has 2 N–H and O–H groups in total. The lowest BCUT2D eigenvalue weighted by Gasteiger charge is -2.08. The molecule has 25 heavy (non-hydrogen) atoms. The Balaban J connectivity index is 1.71. The minimum Gasteiger partial charge on any atom is -0.361 e. The Morgan fingerprint density at radius 3 is 2.68 bits per heavy atom. The fraction of sp³-hybridized carbons (Fsp3) is 0.167. The van der Waals surface area contributed by atoms with Gasteiger partial charge in [0.25, 0.3) is 0 Å². The summed E-state index contributed by atoms with van der Waals surface area (Å²) in [5, 5.41) is 0.861. The second-order valence-electron chi connectivity index (χ2n) is 5.92. The third-order valence-corrected chi connectivity index (χ3v) is 5.08. The smallest absolute Gasteiger partial charge is 0.239 e. The molecule has 3 aromatic rings. The van der Waals surface area contributed by atoms with Gasteiger partial charge in [-0.1, -0.05) is 30.3 Å². The van der Waals surface area contributed by atoms with Crippen molar-refractivity contribution in [3.8, 4) is 0 Å². The van der Waals surface area contributed by atoms with Crippen LogP contribution in [0.1, 0.15) is 16.7 Å². The van der Waals surface area contributed by atoms with Gasteiger partial charge in [0.05, 0.1) is 12.2 Å². The van der Waals surface area contributed by atoms with Crippen LogP contribution in [0.2, 0.25) is 0 Å². The zero-order valence-electron chi connectivity index (χ0n) is 13.5. The number of aryl methyl sites for hydroxylation is 1. The number of nitrogens with one attached hydrogen (secondary N) is 2. The van der Waals surface area contributed by atoms with Gasteiger partial charge in [0.1, 0.15) is 5.82 Å². The van der Waals surface area contributed by atoms with Crippen LogP contribution in [0.25, 0.3) is 10.9 Å². The standard InChI is InChI=1S/C18H17FN2O3S/c1-12-6-7-13(16(19)8-12)11-25(23,24)21-18(22)9-14-10-20-17-5-3-2-4-15(14)17/h2-8,10,20H,9,11H2,1H3,(H,21,22). The average molecular weight is 360 g/mol. The Morgan fingerprint density at radius 1 is 1.16 bits per heavy atom. The van der Waals surface area contributed by atoms with E-state index < -0.39 is 27.5 Å². The third-order valence-electron chi connectivity index (χ3n) is 3.85. The molecule has 1 aromatic heterocycles. The number of aromatic amines is 1. The second kappa shape index (κ2) is 6.68. The maximum atomic E-state index is 13.8. The molecule has 1 amide bonds. The number of halogens is 1. The predicted molar refractivity (Wildman–Crippen MR) is 93.9 cm³/mol. The molecule has 3 rings (SSSR count). The van der Waals surface area contributed by atoms with Crippen LogP contribution in [0.15, 0.2) is 48.7 Å². The van der Waals surface area contributed by atoms with Gasteiger partial charge in [-0.05, 0) is 30.2 Å². The molecule has 0 aliphatic rings. The van der Waals surface area contributed by atoms with Crippen molar-refractivity contribution in [2.24, 2.45) is 0 Å². The third kappa shape index (κ3) is 4.06. The number of carbonyl (C=O) groups is 1. The van der Waals surface area contributed by atoms with Gasteiger partial charge in [0, 0.05) is 22.7 Å². The molecule has 0 unspecified atom stereocenters. The number of para-hydroxylation sites is 1. The SMILES string of the molecule is Cc1ccc(CS(=O)(=O)NC(=O)Cc2c[nH]c3ccccc23)c(F)c1. The molecule has 7 heteroatoms. The maximum Gasteiger partial charge on any atom is 0.239 e. The molecular formula is C18H17FN2O3S. The first-order chi connectivity index (χ1) is 11.8. The molecule has 0 aliphatic carbocycles. The molecule has 5 nitrogen and oxygen atoms in total. The first-order valence-corrected chi connectivity index (χ1v) is 9.32. The van der Waals surface area contributed by atoms with E-state index >= 15 is 0 Å². The van der Waals surface area contributed by atoms with E-state index in [1.54, 1.807) is 19.2 Å². The van der Waals surface area contributed by atoms with Gasteiger partial charge in [-0.3, -0.25) is 9.52 Å². The van der Waals surface area contributed by atoms with Crippen molar-refractivity contribution >= 4 is 26.8 Å². The van der Waals surface area contributed by atoms with Crippen molar-refractivity contribution in [2.75, 3.05) is 0 Å². The lowest BCUT2D eigenvalue weighted by molar-refractivity contribution is -0.118. The average Bonchev–Trinajstić information content (AvgIpc) is 2.93. The van der Waals surface area contributed by atoms with Crippen LogP contribution >= 0.6 is 0 Å². The van der Waals surface area contributed by atoms with Crippen LogP contribution in [0, 0.1) is 12.7 Å². The fourth-order valence-electron chi connectivity index (χ4n) is 2.67. The van der Waals surface area contributed by atoms with E-state index in [0.29, 0.717) is 11.1 Å². The van der Waals surface area contributed by atoms with Crippen molar-refractivity contribution in [1.82, 2.24) is 9.71 Å². The molecule has 0 radical (unpaired) electrons. The summed E-state index contributed by atoms with van der Waals surface area (Å²) in [6.07, 6.45) is 1.59. The fourth-order valence-corrected chi connectivity index (χ4v) is 3.81. The number of hydrogen-bond donors (Lipinski definition) is 2. The topological polar surface area (TPSA) is 79.0 Å². The van der Waals surface area contributed by atoms with Crippen LogP contribution in [0.4, 0.5) is 4.39 Å². The van der Waals surface area contributed by atoms with Crippen molar-refractivity contribution in [2.45, 2.75) is 19.1 Å². The zero-order valence-corrected chi connectivity index (χ0v) is 14.4. The number of fused-ring (bicyclic) bond motifs is 1. The van der Waals surface area contributed by atoms with E-state index in [1.165, 1.54) is 12.1 Å². The zero-order chi connectivity index (χ0) is 18.0. The van der Waals surface area contributed by atoms with E-state index in [0.717, 1.165) is 10.9 Å². The number of hydrogen-bond acceptors (Lipinski definition) is 3. The summed E-state index contributed by atoms with van der Waals surface area (Å²) in [5.74, 6) is -1.84. The molecular weight excluding hydrogens is 343 g/mol. The summed E-state index contributed by atoms with van der Waals surface area (Å²) in [6.45, 7) is 1.71. The summed E-state index contributed by atoms with van der Waals surface area (Å²) in [5.41, 5.74) is 2.29. The van der Waals surface area contributed by atoms with Crippen molar-refractivity contribution < 1.29 is 17.6 Å². The van der Waals surface area contributed by atoms with E-state index in [2.05, 4.69) is 4.98 Å². The van der Waals surface area contributed by atoms with Crippen molar-refractivity contribution in [1.29, 1.82) is 0 Å². The minimum absolute atomic E-state index is 0.0259. The van der Waals surface area contributed by atoms with Gasteiger partial charge in [0.15, 0.2) is 0 Å². The number of H-pyrrole nitrogens is 1. The van der Waals surface area contributed by atoms with E-state index in [-0.39, 0.29) is 12.0 Å². The van der Waals surface area contributed by atoms with Crippen LogP contribution in [0.3, 0.4) is 0 Å². The predicted octanol–water partition coefficient (Wildman–Crippen LogP) is 2.80. The molecule has 0 saturated heterocycles. The Hall–Kier alpha value is -2.67. The quantitative estimate of drug-likeness (QED) is 0.734. The summed E-state index contributed by atoms with van der Waals surface area (Å²) < 4.78 is 40.1. The van der Waals surface area contributed by atoms with Gasteiger partial charge in [0.2, 0.25) is 15.9 Å². The van der Waals surface area contributed by atoms with Crippen LogP contribution < -0.4 is 4.72 Å². The molecule has 0 atom stereocenters. The Labute approximate surface area is 144 Å². The Kier molecular flexibility index (Phi) is 4.59. The van der Waals surface area contributed by atoms with E-state index in [4.69, 9.17) is 0 Å². The lowest BCUT2D eigenvalue weighted by Crippen LogP contribution is -2.32. The number of rotatable bonds is 5. The Bertz CT molecular complexity index is 1040. The molecule has 0 bridgehead atoms. The molecule has 130 valence electrons. The lowest BCUT2D eigenvalue weighted by atomic mass is 10.1. The maximum absolute atomic E-state index is 13.8. The monoisotopic (exact) mass is 360 g/mol. The van der Waals surface area contributed by atoms with E-state index in [9.17, 15) is 17.6 Å². The normalized spacial score (nSPS) is 11.6. The highest BCUT2D eigenvalue weighted by Gasteiger charge is 2.19. The minimum atomic E-state index is -3.98. The number of carbonyl (C=O) groups excluding carboxylic acids is 1. The number of amides is 1. The summed E-state index contributed by atoms with van der Waals surface area (Å²) in [7, 11) is -3.98. The molecule has 0 saturated carbocycles. The molecule has 0 fully saturated rings. The molecule has 2 aromatic carbocycles. The number of aromatic nitrogens is 1. The first kappa shape index (κ1) is 17.2. The highest BCUT2D eigenvalue weighted by atomic mass is 32.2. The summed E-state index contributed by atoms with van der Waals surface area (Å²) in [6, 6.07) is 11.7. The molecule has 0 aliphatic heterocycles. The Morgan fingerprint density at radius 2 is 1.92 bits per heavy atom. The van der Waals surface area contributed by atoms with Gasteiger partial charge >= 0.3 is 0 Å². The van der Waals surface area contributed by atoms with Gasteiger partial charge < -0.3 is 4.98 Å². The highest BCUT2D eigenvalue weighted by molar-refractivity contribution is 7.89. The summed E-state index contributed by atoms with van der Waals surface area (Å²) >= 11 is 0. The largest absolute Gasteiger partial charge is 0.361 e. The van der Waals surface area contributed by atoms with Crippen LogP contribution in [0.5, 0.6) is 0 Å². The molecule has 1 heterocycles. The first-order valence-electron chi connectivity index (χ1n) is 7.67. The van der Waals surface area contributed by atoms with Gasteiger partial charge in [-0.2, -0.15) is 0 Å². The summed E-state index contributed by atoms with van der Waals surface area (Å²) in [4.78, 5) is 15.1. The number of sulfonamides is 1. The van der Waals surface area contributed by atoms with Crippen LogP contribution in [-0.2, 0) is 27.0 Å². The van der Waals surface area contributed by atoms with Crippen LogP contribution in [-0.4, -0.2) is 19.3 Å². The van der Waals surface area contributed by atoms with Gasteiger partial charge in [-0.25, -0.2) is 12.8 Å². The van der Waals surface area contributed by atoms with Gasteiger partial charge in [-0.15, -0.1) is 0 Å². The van der Waals surface area contributed by atoms with Crippen molar-refractivity contribution in [3.05, 3.63) is 71.2 Å². The van der Waals surface area contributed by atoms with E-state index in [1.807, 2.05) is 29.0 Å².